The molecule has 13 heavy (non-hydrogen) atoms. The van der Waals surface area contributed by atoms with Crippen molar-refractivity contribution >= 4 is 5.91 Å². The van der Waals surface area contributed by atoms with E-state index >= 15 is 0 Å². The molecule has 1 amide bonds. The maximum Gasteiger partial charge on any atom is 0.250 e. The molecule has 0 radical (unpaired) electrons. The predicted octanol–water partition coefficient (Wildman–Crippen LogP) is 1.90. The van der Waals surface area contributed by atoms with Crippen molar-refractivity contribution in [3.05, 3.63) is 11.8 Å². The molecule has 0 heterocycles. The number of aliphatic hydroxyl groups excluding tert-OH is 1. The summed E-state index contributed by atoms with van der Waals surface area (Å²) in [4.78, 5) is 10.5. The average molecular weight is 187 g/mol. The highest BCUT2D eigenvalue weighted by Crippen LogP contribution is 2.04. The number of allylic oxidation sites excluding steroid dienone is 1. The number of hydroxylamine groups is 1. The minimum atomic E-state index is -0.593. The predicted molar refractivity (Wildman–Crippen MR) is 49.4 cm³/mol. The normalized spacial score (nSPS) is 11.4. The molecule has 0 unspecified atom stereocenters. The highest BCUT2D eigenvalue weighted by atomic mass is 16.5. The Morgan fingerprint density at radius 1 is 1.46 bits per heavy atom. The number of aliphatic hydroxyl groups is 1. The van der Waals surface area contributed by atoms with Crippen LogP contribution in [0.15, 0.2) is 11.8 Å². The van der Waals surface area contributed by atoms with E-state index in [4.69, 9.17) is 10.3 Å². The summed E-state index contributed by atoms with van der Waals surface area (Å²) >= 11 is 0. The van der Waals surface area contributed by atoms with Gasteiger partial charge in [-0.2, -0.15) is 0 Å². The van der Waals surface area contributed by atoms with E-state index in [1.165, 1.54) is 5.48 Å². The van der Waals surface area contributed by atoms with Gasteiger partial charge in [-0.05, 0) is 18.9 Å². The van der Waals surface area contributed by atoms with E-state index in [2.05, 4.69) is 6.92 Å². The summed E-state index contributed by atoms with van der Waals surface area (Å²) in [6, 6.07) is 0. The van der Waals surface area contributed by atoms with Crippen LogP contribution < -0.4 is 5.48 Å². The molecule has 0 aromatic heterocycles. The van der Waals surface area contributed by atoms with Crippen LogP contribution in [0.5, 0.6) is 0 Å². The third-order valence-electron chi connectivity index (χ3n) is 1.65. The molecule has 0 aliphatic heterocycles. The lowest BCUT2D eigenvalue weighted by atomic mass is 10.2. The molecule has 0 rings (SSSR count). The van der Waals surface area contributed by atoms with E-state index < -0.39 is 5.91 Å². The second-order valence-electron chi connectivity index (χ2n) is 2.90. The number of amides is 1. The zero-order chi connectivity index (χ0) is 10.1. The Kier molecular flexibility index (Phi) is 7.01. The summed E-state index contributed by atoms with van der Waals surface area (Å²) in [5, 5.41) is 17.3. The third kappa shape index (κ3) is 7.33. The van der Waals surface area contributed by atoms with Gasteiger partial charge < -0.3 is 5.11 Å². The Bertz CT molecular complexity index is 178. The molecule has 4 heteroatoms. The molecular weight excluding hydrogens is 170 g/mol. The van der Waals surface area contributed by atoms with E-state index in [1.54, 1.807) is 6.08 Å². The zero-order valence-electron chi connectivity index (χ0n) is 7.92. The van der Waals surface area contributed by atoms with Gasteiger partial charge in [0.25, 0.3) is 5.91 Å². The Morgan fingerprint density at radius 2 is 2.15 bits per heavy atom. The second kappa shape index (κ2) is 7.61. The molecule has 0 atom stereocenters. The van der Waals surface area contributed by atoms with Crippen LogP contribution in [-0.2, 0) is 4.79 Å². The molecule has 0 saturated heterocycles. The van der Waals surface area contributed by atoms with Crippen LogP contribution in [0.2, 0.25) is 0 Å². The molecule has 0 saturated carbocycles. The van der Waals surface area contributed by atoms with Crippen LogP contribution in [0.3, 0.4) is 0 Å². The molecule has 0 fully saturated rings. The maximum absolute atomic E-state index is 10.5. The number of carbonyl (C=O) groups is 1. The largest absolute Gasteiger partial charge is 0.512 e. The van der Waals surface area contributed by atoms with Crippen molar-refractivity contribution in [3.8, 4) is 0 Å². The number of rotatable bonds is 6. The lowest BCUT2D eigenvalue weighted by Crippen LogP contribution is -2.18. The monoisotopic (exact) mass is 187 g/mol. The van der Waals surface area contributed by atoms with Gasteiger partial charge >= 0.3 is 0 Å². The van der Waals surface area contributed by atoms with Crippen LogP contribution in [0.4, 0.5) is 0 Å². The summed E-state index contributed by atoms with van der Waals surface area (Å²) < 4.78 is 0. The first-order valence-electron chi connectivity index (χ1n) is 4.51. The molecule has 76 valence electrons. The molecule has 4 nitrogen and oxygen atoms in total. The summed E-state index contributed by atoms with van der Waals surface area (Å²) in [6.07, 6.45) is 5.51. The Hall–Kier alpha value is -1.03. The summed E-state index contributed by atoms with van der Waals surface area (Å²) in [5.41, 5.74) is 1.46. The number of unbranched alkanes of at least 4 members (excludes halogenated alkanes) is 3. The van der Waals surface area contributed by atoms with E-state index in [0.717, 1.165) is 25.7 Å². The van der Waals surface area contributed by atoms with Crippen molar-refractivity contribution in [1.29, 1.82) is 0 Å². The van der Waals surface area contributed by atoms with E-state index in [-0.39, 0.29) is 12.2 Å². The van der Waals surface area contributed by atoms with Crippen LogP contribution >= 0.6 is 0 Å². The van der Waals surface area contributed by atoms with Crippen molar-refractivity contribution in [2.75, 3.05) is 0 Å². The van der Waals surface area contributed by atoms with E-state index in [1.807, 2.05) is 0 Å². The van der Waals surface area contributed by atoms with E-state index in [0.29, 0.717) is 0 Å². The van der Waals surface area contributed by atoms with E-state index in [9.17, 15) is 4.79 Å². The standard InChI is InChI=1S/C9H17NO3/c1-2-3-4-5-6-8(11)7-9(12)10-13/h6,11,13H,2-5,7H2,1H3,(H,10,12)/b8-6+. The fourth-order valence-electron chi connectivity index (χ4n) is 0.939. The lowest BCUT2D eigenvalue weighted by molar-refractivity contribution is -0.128. The topological polar surface area (TPSA) is 69.6 Å². The van der Waals surface area contributed by atoms with Crippen molar-refractivity contribution in [2.24, 2.45) is 0 Å². The van der Waals surface area contributed by atoms with Crippen LogP contribution in [0.25, 0.3) is 0 Å². The van der Waals surface area contributed by atoms with Crippen molar-refractivity contribution in [1.82, 2.24) is 5.48 Å². The van der Waals surface area contributed by atoms with Crippen LogP contribution in [0, 0.1) is 0 Å². The fraction of sp³-hybridized carbons (Fsp3) is 0.667. The van der Waals surface area contributed by atoms with Crippen molar-refractivity contribution in [2.45, 2.75) is 39.0 Å². The SMILES string of the molecule is CCCCC/C=C(/O)CC(=O)NO. The summed E-state index contributed by atoms with van der Waals surface area (Å²) in [5.74, 6) is -0.577. The quantitative estimate of drug-likeness (QED) is 0.257. The number of carbonyl (C=O) groups excluding carboxylic acids is 1. The second-order valence-corrected chi connectivity index (χ2v) is 2.90. The number of hydrogen-bond donors (Lipinski definition) is 3. The molecule has 0 aromatic rings. The maximum atomic E-state index is 10.5. The van der Waals surface area contributed by atoms with Gasteiger partial charge in [-0.3, -0.25) is 10.0 Å². The van der Waals surface area contributed by atoms with Crippen LogP contribution in [0.1, 0.15) is 39.0 Å². The van der Waals surface area contributed by atoms with Crippen LogP contribution in [-0.4, -0.2) is 16.2 Å². The number of nitrogens with one attached hydrogen (secondary N) is 1. The molecule has 0 bridgehead atoms. The first-order chi connectivity index (χ1) is 6.20. The van der Waals surface area contributed by atoms with Gasteiger partial charge in [0, 0.05) is 0 Å². The Balaban J connectivity index is 3.56. The molecular formula is C9H17NO3. The average Bonchev–Trinajstić information content (AvgIpc) is 2.12. The van der Waals surface area contributed by atoms with Gasteiger partial charge in [-0.15, -0.1) is 0 Å². The van der Waals surface area contributed by atoms with Gasteiger partial charge in [-0.1, -0.05) is 19.8 Å². The Morgan fingerprint density at radius 3 is 2.69 bits per heavy atom. The van der Waals surface area contributed by atoms with Crippen molar-refractivity contribution in [3.63, 3.8) is 0 Å². The first kappa shape index (κ1) is 12.0. The highest BCUT2D eigenvalue weighted by Gasteiger charge is 2.01. The van der Waals surface area contributed by atoms with Gasteiger partial charge in [0.05, 0.1) is 12.2 Å². The zero-order valence-corrected chi connectivity index (χ0v) is 7.92. The highest BCUT2D eigenvalue weighted by molar-refractivity contribution is 5.76. The lowest BCUT2D eigenvalue weighted by Gasteiger charge is -1.98. The molecule has 0 spiro atoms. The molecule has 0 aromatic carbocycles. The number of hydrogen-bond acceptors (Lipinski definition) is 3. The minimum absolute atomic E-state index is 0.0163. The summed E-state index contributed by atoms with van der Waals surface area (Å²) in [6.45, 7) is 2.10. The third-order valence-corrected chi connectivity index (χ3v) is 1.65. The smallest absolute Gasteiger partial charge is 0.250 e. The molecule has 0 aliphatic carbocycles. The fourth-order valence-corrected chi connectivity index (χ4v) is 0.939. The minimum Gasteiger partial charge on any atom is -0.512 e. The Labute approximate surface area is 78.2 Å². The first-order valence-corrected chi connectivity index (χ1v) is 4.51. The van der Waals surface area contributed by atoms with Gasteiger partial charge in [-0.25, -0.2) is 5.48 Å². The van der Waals surface area contributed by atoms with Crippen molar-refractivity contribution < 1.29 is 15.1 Å². The molecule has 3 N–H and O–H groups in total. The van der Waals surface area contributed by atoms with Gasteiger partial charge in [0.15, 0.2) is 0 Å². The summed E-state index contributed by atoms with van der Waals surface area (Å²) in [7, 11) is 0. The van der Waals surface area contributed by atoms with Gasteiger partial charge in [0.1, 0.15) is 0 Å². The van der Waals surface area contributed by atoms with Gasteiger partial charge in [0.2, 0.25) is 0 Å². The molecule has 0 aliphatic rings.